The maximum absolute atomic E-state index is 13.1. The maximum atomic E-state index is 13.1. The van der Waals surface area contributed by atoms with Crippen molar-refractivity contribution in [2.45, 2.75) is 25.4 Å². The lowest BCUT2D eigenvalue weighted by Crippen LogP contribution is -2.33. The molecule has 0 unspecified atom stereocenters. The number of nitrogens with zero attached hydrogens (tertiary/aromatic N) is 4. The first-order valence-corrected chi connectivity index (χ1v) is 9.05. The van der Waals surface area contributed by atoms with Crippen LogP contribution in [0.25, 0.3) is 5.52 Å². The fraction of sp³-hybridized carbons (Fsp3) is 0.438. The molecule has 0 aliphatic carbocycles. The molecule has 140 valence electrons. The number of amides is 1. The average molecular weight is 433 g/mol. The highest BCUT2D eigenvalue weighted by Gasteiger charge is 2.35. The molecular formula is C16H16BrF3N4O2. The summed E-state index contributed by atoms with van der Waals surface area (Å²) in [6.45, 7) is 0.451. The summed E-state index contributed by atoms with van der Waals surface area (Å²) in [5.74, 6) is 0.0894. The zero-order valence-corrected chi connectivity index (χ0v) is 15.5. The summed E-state index contributed by atoms with van der Waals surface area (Å²) in [5.41, 5.74) is 0.294. The number of hydrogen-bond acceptors (Lipinski definition) is 4. The van der Waals surface area contributed by atoms with Gasteiger partial charge >= 0.3 is 6.18 Å². The van der Waals surface area contributed by atoms with E-state index in [0.29, 0.717) is 24.2 Å². The fourth-order valence-electron chi connectivity index (χ4n) is 2.77. The molecule has 2 aromatic rings. The lowest BCUT2D eigenvalue weighted by atomic mass is 10.0. The van der Waals surface area contributed by atoms with Crippen molar-refractivity contribution in [2.75, 3.05) is 19.0 Å². The Morgan fingerprint density at radius 1 is 1.31 bits per heavy atom. The van der Waals surface area contributed by atoms with Crippen LogP contribution in [0.2, 0.25) is 0 Å². The van der Waals surface area contributed by atoms with Crippen molar-refractivity contribution in [3.05, 3.63) is 29.5 Å². The van der Waals surface area contributed by atoms with E-state index in [1.807, 2.05) is 0 Å². The molecule has 1 aliphatic heterocycles. The van der Waals surface area contributed by atoms with Crippen molar-refractivity contribution < 1.29 is 22.7 Å². The topological polar surface area (TPSA) is 59.2 Å². The predicted octanol–water partition coefficient (Wildman–Crippen LogP) is 3.47. The number of carbonyl (C=O) groups excluding carboxylic acids is 1. The van der Waals surface area contributed by atoms with E-state index in [9.17, 15) is 18.0 Å². The van der Waals surface area contributed by atoms with Gasteiger partial charge in [0.05, 0.1) is 18.3 Å². The highest BCUT2D eigenvalue weighted by atomic mass is 79.9. The third-order valence-electron chi connectivity index (χ3n) is 4.01. The number of methoxy groups -OCH3 is 1. The van der Waals surface area contributed by atoms with Gasteiger partial charge < -0.3 is 4.74 Å². The van der Waals surface area contributed by atoms with Crippen molar-refractivity contribution in [3.8, 4) is 5.88 Å². The molecule has 3 rings (SSSR count). The summed E-state index contributed by atoms with van der Waals surface area (Å²) in [5, 5.41) is 10.1. The second kappa shape index (κ2) is 7.26. The molecule has 10 heteroatoms. The third-order valence-corrected chi connectivity index (χ3v) is 4.57. The van der Waals surface area contributed by atoms with Crippen LogP contribution in [0.4, 0.5) is 13.2 Å². The highest BCUT2D eigenvalue weighted by Crippen LogP contribution is 2.32. The SMILES string of the molecule is COc1ccc(C2=NN(CCCBr)C(=O)CC2)c2cc(C(F)(F)F)nn12. The van der Waals surface area contributed by atoms with Crippen LogP contribution in [-0.2, 0) is 11.0 Å². The molecule has 0 aromatic carbocycles. The van der Waals surface area contributed by atoms with Crippen LogP contribution in [0.15, 0.2) is 23.3 Å². The van der Waals surface area contributed by atoms with E-state index < -0.39 is 11.9 Å². The second-order valence-corrected chi connectivity index (χ2v) is 6.51. The largest absolute Gasteiger partial charge is 0.481 e. The first kappa shape index (κ1) is 18.7. The number of hydrogen-bond donors (Lipinski definition) is 0. The Bertz CT molecular complexity index is 863. The number of aromatic nitrogens is 2. The predicted molar refractivity (Wildman–Crippen MR) is 92.6 cm³/mol. The van der Waals surface area contributed by atoms with Crippen LogP contribution >= 0.6 is 15.9 Å². The summed E-state index contributed by atoms with van der Waals surface area (Å²) in [6.07, 6.45) is -3.22. The van der Waals surface area contributed by atoms with E-state index >= 15 is 0 Å². The Morgan fingerprint density at radius 2 is 2.08 bits per heavy atom. The first-order valence-electron chi connectivity index (χ1n) is 7.93. The van der Waals surface area contributed by atoms with Crippen molar-refractivity contribution >= 4 is 33.1 Å². The molecule has 0 saturated carbocycles. The number of halogens is 4. The van der Waals surface area contributed by atoms with Gasteiger partial charge in [-0.05, 0) is 18.6 Å². The van der Waals surface area contributed by atoms with Crippen molar-refractivity contribution in [3.63, 3.8) is 0 Å². The van der Waals surface area contributed by atoms with Crippen LogP contribution in [0.1, 0.15) is 30.5 Å². The van der Waals surface area contributed by atoms with E-state index in [0.717, 1.165) is 22.3 Å². The summed E-state index contributed by atoms with van der Waals surface area (Å²) < 4.78 is 45.5. The summed E-state index contributed by atoms with van der Waals surface area (Å²) in [6, 6.07) is 4.16. The Morgan fingerprint density at radius 3 is 2.73 bits per heavy atom. The highest BCUT2D eigenvalue weighted by molar-refractivity contribution is 9.09. The molecule has 6 nitrogen and oxygen atoms in total. The van der Waals surface area contributed by atoms with Gasteiger partial charge in [-0.2, -0.15) is 27.9 Å². The van der Waals surface area contributed by atoms with Crippen molar-refractivity contribution in [1.29, 1.82) is 0 Å². The van der Waals surface area contributed by atoms with E-state index in [1.54, 1.807) is 6.07 Å². The van der Waals surface area contributed by atoms with Crippen LogP contribution in [-0.4, -0.2) is 45.2 Å². The summed E-state index contributed by atoms with van der Waals surface area (Å²) in [4.78, 5) is 12.0. The van der Waals surface area contributed by atoms with Gasteiger partial charge in [0.15, 0.2) is 5.69 Å². The van der Waals surface area contributed by atoms with Crippen LogP contribution < -0.4 is 4.74 Å². The number of rotatable bonds is 5. The van der Waals surface area contributed by atoms with Crippen LogP contribution in [0, 0.1) is 0 Å². The Labute approximate surface area is 155 Å². The van der Waals surface area contributed by atoms with Crippen LogP contribution in [0.3, 0.4) is 0 Å². The molecule has 2 aromatic heterocycles. The first-order chi connectivity index (χ1) is 12.3. The van der Waals surface area contributed by atoms with E-state index in [2.05, 4.69) is 26.1 Å². The summed E-state index contributed by atoms with van der Waals surface area (Å²) in [7, 11) is 1.36. The zero-order valence-electron chi connectivity index (χ0n) is 13.9. The number of alkyl halides is 4. The van der Waals surface area contributed by atoms with Crippen LogP contribution in [0.5, 0.6) is 5.88 Å². The molecular weight excluding hydrogens is 417 g/mol. The molecule has 0 saturated heterocycles. The number of pyridine rings is 1. The van der Waals surface area contributed by atoms with Gasteiger partial charge in [0.2, 0.25) is 11.8 Å². The number of carbonyl (C=O) groups is 1. The minimum absolute atomic E-state index is 0.0938. The van der Waals surface area contributed by atoms with Gasteiger partial charge in [-0.3, -0.25) is 4.79 Å². The quantitative estimate of drug-likeness (QED) is 0.679. The smallest absolute Gasteiger partial charge is 0.435 e. The lowest BCUT2D eigenvalue weighted by molar-refractivity contribution is -0.141. The fourth-order valence-corrected chi connectivity index (χ4v) is 3.02. The van der Waals surface area contributed by atoms with E-state index in [4.69, 9.17) is 4.74 Å². The number of fused-ring (bicyclic) bond motifs is 1. The van der Waals surface area contributed by atoms with Crippen molar-refractivity contribution in [2.24, 2.45) is 5.10 Å². The van der Waals surface area contributed by atoms with Gasteiger partial charge in [-0.15, -0.1) is 0 Å². The molecule has 1 amide bonds. The molecule has 0 spiro atoms. The number of hydrazone groups is 1. The lowest BCUT2D eigenvalue weighted by Gasteiger charge is -2.23. The normalized spacial score (nSPS) is 15.5. The Hall–Kier alpha value is -2.10. The molecule has 0 N–H and O–H groups in total. The van der Waals surface area contributed by atoms with Gasteiger partial charge in [0.1, 0.15) is 0 Å². The van der Waals surface area contributed by atoms with Gasteiger partial charge in [0, 0.05) is 36.3 Å². The van der Waals surface area contributed by atoms with Crippen molar-refractivity contribution in [1.82, 2.24) is 14.6 Å². The molecule has 3 heterocycles. The van der Waals surface area contributed by atoms with Gasteiger partial charge in [-0.1, -0.05) is 15.9 Å². The molecule has 0 fully saturated rings. The Balaban J connectivity index is 2.10. The monoisotopic (exact) mass is 432 g/mol. The molecule has 0 atom stereocenters. The molecule has 0 radical (unpaired) electrons. The average Bonchev–Trinajstić information content (AvgIpc) is 3.06. The molecule has 26 heavy (non-hydrogen) atoms. The zero-order chi connectivity index (χ0) is 18.9. The standard InChI is InChI=1S/C16H16BrF3N4O2/c1-26-15-6-3-10(12-9-13(16(18,19)20)22-24(12)15)11-4-5-14(25)23(21-11)8-2-7-17/h3,6,9H,2,4-5,7-8H2,1H3. The second-order valence-electron chi connectivity index (χ2n) is 5.72. The van der Waals surface area contributed by atoms with Gasteiger partial charge in [-0.25, -0.2) is 5.01 Å². The molecule has 0 bridgehead atoms. The molecule has 1 aliphatic rings. The maximum Gasteiger partial charge on any atom is 0.435 e. The number of ether oxygens (including phenoxy) is 1. The van der Waals surface area contributed by atoms with Gasteiger partial charge in [0.25, 0.3) is 0 Å². The Kier molecular flexibility index (Phi) is 5.22. The minimum Gasteiger partial charge on any atom is -0.481 e. The summed E-state index contributed by atoms with van der Waals surface area (Å²) >= 11 is 3.31. The van der Waals surface area contributed by atoms with E-state index in [1.165, 1.54) is 18.2 Å². The van der Waals surface area contributed by atoms with E-state index in [-0.39, 0.29) is 23.7 Å². The minimum atomic E-state index is -4.57. The third kappa shape index (κ3) is 3.55.